The standard InChI is InChI=1S/C21H22N2OS/c1-14-5-4-6-18(11-14)21-23-19(13-25-21)9-10-22-20(24)17-8-7-15(2)16(3)12-17/h4-8,11-13H,9-10H2,1-3H3,(H,22,24). The van der Waals surface area contributed by atoms with Crippen LogP contribution in [0.15, 0.2) is 47.8 Å². The second-order valence-electron chi connectivity index (χ2n) is 6.32. The van der Waals surface area contributed by atoms with Crippen molar-refractivity contribution in [2.24, 2.45) is 0 Å². The van der Waals surface area contributed by atoms with Crippen molar-refractivity contribution in [3.8, 4) is 10.6 Å². The smallest absolute Gasteiger partial charge is 0.251 e. The highest BCUT2D eigenvalue weighted by molar-refractivity contribution is 7.13. The summed E-state index contributed by atoms with van der Waals surface area (Å²) in [6, 6.07) is 14.1. The molecule has 2 aromatic carbocycles. The maximum atomic E-state index is 12.2. The van der Waals surface area contributed by atoms with Crippen LogP contribution < -0.4 is 5.32 Å². The molecule has 25 heavy (non-hydrogen) atoms. The largest absolute Gasteiger partial charge is 0.352 e. The monoisotopic (exact) mass is 350 g/mol. The number of carbonyl (C=O) groups is 1. The lowest BCUT2D eigenvalue weighted by Gasteiger charge is -2.06. The predicted octanol–water partition coefficient (Wildman–Crippen LogP) is 4.71. The average molecular weight is 350 g/mol. The molecule has 0 bridgehead atoms. The number of rotatable bonds is 5. The first kappa shape index (κ1) is 17.4. The molecular formula is C21H22N2OS. The van der Waals surface area contributed by atoms with Gasteiger partial charge in [0.05, 0.1) is 5.69 Å². The number of thiazole rings is 1. The summed E-state index contributed by atoms with van der Waals surface area (Å²) in [4.78, 5) is 16.9. The fraction of sp³-hybridized carbons (Fsp3) is 0.238. The fourth-order valence-electron chi connectivity index (χ4n) is 2.62. The summed E-state index contributed by atoms with van der Waals surface area (Å²) in [6.07, 6.45) is 0.735. The highest BCUT2D eigenvalue weighted by Crippen LogP contribution is 2.24. The topological polar surface area (TPSA) is 42.0 Å². The Bertz CT molecular complexity index is 898. The summed E-state index contributed by atoms with van der Waals surface area (Å²) >= 11 is 1.65. The number of hydrogen-bond acceptors (Lipinski definition) is 3. The molecule has 0 aliphatic carbocycles. The van der Waals surface area contributed by atoms with E-state index in [9.17, 15) is 4.79 Å². The molecule has 1 N–H and O–H groups in total. The van der Waals surface area contributed by atoms with Crippen LogP contribution in [0.2, 0.25) is 0 Å². The number of aromatic nitrogens is 1. The molecule has 3 nitrogen and oxygen atoms in total. The van der Waals surface area contributed by atoms with E-state index in [0.29, 0.717) is 12.1 Å². The lowest BCUT2D eigenvalue weighted by molar-refractivity contribution is 0.0954. The van der Waals surface area contributed by atoms with Gasteiger partial charge in [0, 0.05) is 29.5 Å². The molecule has 0 saturated carbocycles. The fourth-order valence-corrected chi connectivity index (χ4v) is 3.47. The summed E-state index contributed by atoms with van der Waals surface area (Å²) < 4.78 is 0. The van der Waals surface area contributed by atoms with Gasteiger partial charge < -0.3 is 5.32 Å². The molecular weight excluding hydrogens is 328 g/mol. The van der Waals surface area contributed by atoms with Gasteiger partial charge in [-0.05, 0) is 50.1 Å². The molecule has 0 aliphatic heterocycles. The molecule has 0 radical (unpaired) electrons. The van der Waals surface area contributed by atoms with Gasteiger partial charge in [0.1, 0.15) is 5.01 Å². The quantitative estimate of drug-likeness (QED) is 0.724. The number of benzene rings is 2. The first-order valence-electron chi connectivity index (χ1n) is 8.40. The molecule has 3 rings (SSSR count). The van der Waals surface area contributed by atoms with E-state index in [2.05, 4.69) is 46.9 Å². The van der Waals surface area contributed by atoms with Crippen LogP contribution in [-0.2, 0) is 6.42 Å². The first-order chi connectivity index (χ1) is 12.0. The van der Waals surface area contributed by atoms with Gasteiger partial charge in [-0.1, -0.05) is 29.8 Å². The Morgan fingerprint density at radius 3 is 2.68 bits per heavy atom. The third-order valence-corrected chi connectivity index (χ3v) is 5.19. The third kappa shape index (κ3) is 4.34. The van der Waals surface area contributed by atoms with Gasteiger partial charge in [-0.2, -0.15) is 0 Å². The minimum Gasteiger partial charge on any atom is -0.352 e. The van der Waals surface area contributed by atoms with E-state index < -0.39 is 0 Å². The Hall–Kier alpha value is -2.46. The minimum atomic E-state index is -0.0303. The van der Waals surface area contributed by atoms with Crippen molar-refractivity contribution < 1.29 is 4.79 Å². The molecule has 0 atom stereocenters. The third-order valence-electron chi connectivity index (χ3n) is 4.25. The Morgan fingerprint density at radius 2 is 1.92 bits per heavy atom. The molecule has 1 amide bonds. The Labute approximate surface area is 152 Å². The number of nitrogens with zero attached hydrogens (tertiary/aromatic N) is 1. The second kappa shape index (κ2) is 7.62. The molecule has 0 saturated heterocycles. The van der Waals surface area contributed by atoms with Crippen molar-refractivity contribution in [1.82, 2.24) is 10.3 Å². The van der Waals surface area contributed by atoms with Gasteiger partial charge in [-0.15, -0.1) is 11.3 Å². The maximum absolute atomic E-state index is 12.2. The van der Waals surface area contributed by atoms with E-state index in [1.54, 1.807) is 11.3 Å². The average Bonchev–Trinajstić information content (AvgIpc) is 3.06. The molecule has 1 heterocycles. The van der Waals surface area contributed by atoms with E-state index in [-0.39, 0.29) is 5.91 Å². The van der Waals surface area contributed by atoms with Crippen molar-refractivity contribution in [2.45, 2.75) is 27.2 Å². The summed E-state index contributed by atoms with van der Waals surface area (Å²) in [5.74, 6) is -0.0303. The van der Waals surface area contributed by atoms with Crippen LogP contribution in [0.1, 0.15) is 32.7 Å². The lowest BCUT2D eigenvalue weighted by Crippen LogP contribution is -2.25. The summed E-state index contributed by atoms with van der Waals surface area (Å²) in [5, 5.41) is 6.07. The molecule has 0 unspecified atom stereocenters. The van der Waals surface area contributed by atoms with Crippen molar-refractivity contribution >= 4 is 17.2 Å². The first-order valence-corrected chi connectivity index (χ1v) is 9.28. The Balaban J connectivity index is 1.57. The SMILES string of the molecule is Cc1cccc(-c2nc(CCNC(=O)c3ccc(C)c(C)c3)cs2)c1. The summed E-state index contributed by atoms with van der Waals surface area (Å²) in [5.41, 5.74) is 6.44. The van der Waals surface area contributed by atoms with Crippen LogP contribution in [0, 0.1) is 20.8 Å². The second-order valence-corrected chi connectivity index (χ2v) is 7.18. The van der Waals surface area contributed by atoms with Crippen molar-refractivity contribution in [3.63, 3.8) is 0 Å². The van der Waals surface area contributed by atoms with Crippen molar-refractivity contribution in [2.75, 3.05) is 6.54 Å². The number of carbonyl (C=O) groups excluding carboxylic acids is 1. The van der Waals surface area contributed by atoms with Gasteiger partial charge in [0.15, 0.2) is 0 Å². The maximum Gasteiger partial charge on any atom is 0.251 e. The van der Waals surface area contributed by atoms with E-state index in [1.165, 1.54) is 11.1 Å². The van der Waals surface area contributed by atoms with Gasteiger partial charge in [-0.3, -0.25) is 4.79 Å². The van der Waals surface area contributed by atoms with Crippen LogP contribution in [0.5, 0.6) is 0 Å². The highest BCUT2D eigenvalue weighted by atomic mass is 32.1. The van der Waals surface area contributed by atoms with E-state index in [4.69, 9.17) is 0 Å². The van der Waals surface area contributed by atoms with Crippen LogP contribution in [0.25, 0.3) is 10.6 Å². The number of nitrogens with one attached hydrogen (secondary N) is 1. The molecule has 0 spiro atoms. The number of hydrogen-bond donors (Lipinski definition) is 1. The van der Waals surface area contributed by atoms with Crippen LogP contribution in [0.4, 0.5) is 0 Å². The number of amides is 1. The Morgan fingerprint density at radius 1 is 1.08 bits per heavy atom. The van der Waals surface area contributed by atoms with Gasteiger partial charge in [-0.25, -0.2) is 4.98 Å². The zero-order chi connectivity index (χ0) is 17.8. The van der Waals surface area contributed by atoms with E-state index >= 15 is 0 Å². The van der Waals surface area contributed by atoms with Crippen molar-refractivity contribution in [3.05, 3.63) is 75.8 Å². The molecule has 1 aromatic heterocycles. The molecule has 0 fully saturated rings. The summed E-state index contributed by atoms with van der Waals surface area (Å²) in [7, 11) is 0. The van der Waals surface area contributed by atoms with E-state index in [1.807, 2.05) is 32.0 Å². The predicted molar refractivity (Wildman–Crippen MR) is 104 cm³/mol. The zero-order valence-corrected chi connectivity index (χ0v) is 15.6. The molecule has 4 heteroatoms. The molecule has 0 aliphatic rings. The Kier molecular flexibility index (Phi) is 5.29. The lowest BCUT2D eigenvalue weighted by atomic mass is 10.1. The van der Waals surface area contributed by atoms with Crippen LogP contribution >= 0.6 is 11.3 Å². The van der Waals surface area contributed by atoms with Crippen molar-refractivity contribution in [1.29, 1.82) is 0 Å². The molecule has 3 aromatic rings. The van der Waals surface area contributed by atoms with Gasteiger partial charge >= 0.3 is 0 Å². The number of aryl methyl sites for hydroxylation is 3. The van der Waals surface area contributed by atoms with Crippen LogP contribution in [-0.4, -0.2) is 17.4 Å². The van der Waals surface area contributed by atoms with Gasteiger partial charge in [0.25, 0.3) is 5.91 Å². The minimum absolute atomic E-state index is 0.0303. The highest BCUT2D eigenvalue weighted by Gasteiger charge is 2.08. The zero-order valence-electron chi connectivity index (χ0n) is 14.8. The van der Waals surface area contributed by atoms with Crippen LogP contribution in [0.3, 0.4) is 0 Å². The summed E-state index contributed by atoms with van der Waals surface area (Å²) in [6.45, 7) is 6.74. The van der Waals surface area contributed by atoms with E-state index in [0.717, 1.165) is 28.2 Å². The normalized spacial score (nSPS) is 10.7. The molecule has 128 valence electrons. The van der Waals surface area contributed by atoms with Gasteiger partial charge in [0.2, 0.25) is 0 Å².